The third-order valence-electron chi connectivity index (χ3n) is 1.43. The van der Waals surface area contributed by atoms with Gasteiger partial charge in [0.25, 0.3) is 0 Å². The average Bonchev–Trinajstić information content (AvgIpc) is 2.03. The van der Waals surface area contributed by atoms with E-state index in [-0.39, 0.29) is 1.43 Å². The van der Waals surface area contributed by atoms with Gasteiger partial charge in [-0.1, -0.05) is 30.3 Å². The van der Waals surface area contributed by atoms with Crippen molar-refractivity contribution in [2.45, 2.75) is 19.7 Å². The zero-order valence-corrected chi connectivity index (χ0v) is 8.23. The molecule has 2 heteroatoms. The molecule has 0 heterocycles. The summed E-state index contributed by atoms with van der Waals surface area (Å²) in [7, 11) is -0.840. The molecule has 0 N–H and O–H groups in total. The maximum atomic E-state index is 5.57. The number of hydrogen-bond acceptors (Lipinski definition) is 1. The Hall–Kier alpha value is -0.603. The molecule has 0 saturated carbocycles. The largest absolute Gasteiger partial charge is 1.00 e. The van der Waals surface area contributed by atoms with Crippen LogP contribution in [-0.4, -0.2) is 9.04 Å². The highest BCUT2D eigenvalue weighted by Gasteiger charge is 1.95. The van der Waals surface area contributed by atoms with E-state index in [1.165, 1.54) is 5.56 Å². The van der Waals surface area contributed by atoms with Gasteiger partial charge in [0.05, 0.1) is 6.61 Å². The first-order valence-corrected chi connectivity index (χ1v) is 6.72. The van der Waals surface area contributed by atoms with Crippen molar-refractivity contribution < 1.29 is 5.85 Å². The first-order valence-electron chi connectivity index (χ1n) is 3.94. The minimum Gasteiger partial charge on any atom is -0.416 e. The SMILES string of the molecule is C[SiH](C)OCc1ccccc1.[H+]. The molecular weight excluding hydrogens is 152 g/mol. The van der Waals surface area contributed by atoms with E-state index < -0.39 is 9.04 Å². The number of hydrogen-bond donors (Lipinski definition) is 0. The predicted octanol–water partition coefficient (Wildman–Crippen LogP) is 2.30. The zero-order chi connectivity index (χ0) is 8.10. The van der Waals surface area contributed by atoms with Crippen molar-refractivity contribution in [2.75, 3.05) is 0 Å². The molecule has 0 aromatic heterocycles. The molecule has 1 nitrogen and oxygen atoms in total. The van der Waals surface area contributed by atoms with E-state index in [4.69, 9.17) is 4.43 Å². The third-order valence-corrected chi connectivity index (χ3v) is 2.26. The Morgan fingerprint density at radius 2 is 1.91 bits per heavy atom. The Bertz CT molecular complexity index is 201. The standard InChI is InChI=1S/C9H14OSi/c1-11(2)10-8-9-6-4-3-5-7-9/h3-7,11H,8H2,1-2H3/p+1. The quantitative estimate of drug-likeness (QED) is 0.628. The van der Waals surface area contributed by atoms with Crippen LogP contribution in [0.1, 0.15) is 6.99 Å². The van der Waals surface area contributed by atoms with Gasteiger partial charge in [-0.25, -0.2) is 0 Å². The van der Waals surface area contributed by atoms with Crippen molar-refractivity contribution in [3.63, 3.8) is 0 Å². The van der Waals surface area contributed by atoms with Crippen LogP contribution in [0.15, 0.2) is 30.3 Å². The lowest BCUT2D eigenvalue weighted by Gasteiger charge is -2.05. The lowest BCUT2D eigenvalue weighted by Crippen LogP contribution is -2.06. The lowest BCUT2D eigenvalue weighted by atomic mass is 10.2. The van der Waals surface area contributed by atoms with E-state index in [9.17, 15) is 0 Å². The summed E-state index contributed by atoms with van der Waals surface area (Å²) in [6.07, 6.45) is 0. The van der Waals surface area contributed by atoms with Crippen molar-refractivity contribution in [2.24, 2.45) is 0 Å². The monoisotopic (exact) mass is 167 g/mol. The molecule has 1 aromatic carbocycles. The van der Waals surface area contributed by atoms with E-state index >= 15 is 0 Å². The van der Waals surface area contributed by atoms with Gasteiger partial charge in [-0.2, -0.15) is 0 Å². The van der Waals surface area contributed by atoms with E-state index in [0.29, 0.717) is 0 Å². The average molecular weight is 167 g/mol. The fraction of sp³-hybridized carbons (Fsp3) is 0.333. The van der Waals surface area contributed by atoms with Crippen LogP contribution >= 0.6 is 0 Å². The van der Waals surface area contributed by atoms with Crippen LogP contribution in [-0.2, 0) is 11.0 Å². The van der Waals surface area contributed by atoms with Crippen LogP contribution in [0.2, 0.25) is 13.1 Å². The highest BCUT2D eigenvalue weighted by molar-refractivity contribution is 6.48. The van der Waals surface area contributed by atoms with Gasteiger partial charge >= 0.3 is 1.43 Å². The summed E-state index contributed by atoms with van der Waals surface area (Å²) < 4.78 is 5.57. The topological polar surface area (TPSA) is 9.23 Å². The van der Waals surface area contributed by atoms with Crippen LogP contribution in [0.4, 0.5) is 0 Å². The second kappa shape index (κ2) is 4.31. The summed E-state index contributed by atoms with van der Waals surface area (Å²) in [6.45, 7) is 5.15. The summed E-state index contributed by atoms with van der Waals surface area (Å²) in [4.78, 5) is 0. The summed E-state index contributed by atoms with van der Waals surface area (Å²) >= 11 is 0. The Kier molecular flexibility index (Phi) is 3.33. The highest BCUT2D eigenvalue weighted by atomic mass is 28.3. The lowest BCUT2D eigenvalue weighted by molar-refractivity contribution is 0.314. The van der Waals surface area contributed by atoms with Gasteiger partial charge in [-0.3, -0.25) is 0 Å². The van der Waals surface area contributed by atoms with Crippen LogP contribution in [0.5, 0.6) is 0 Å². The Labute approximate surface area is 71.2 Å². The van der Waals surface area contributed by atoms with E-state index in [1.54, 1.807) is 0 Å². The normalized spacial score (nSPS) is 10.5. The van der Waals surface area contributed by atoms with E-state index in [0.717, 1.165) is 6.61 Å². The molecule has 0 fully saturated rings. The minimum atomic E-state index is -0.840. The fourth-order valence-electron chi connectivity index (χ4n) is 0.837. The van der Waals surface area contributed by atoms with Gasteiger partial charge in [-0.05, 0) is 18.7 Å². The van der Waals surface area contributed by atoms with Gasteiger partial charge in [0.2, 0.25) is 0 Å². The third kappa shape index (κ3) is 3.35. The molecule has 11 heavy (non-hydrogen) atoms. The summed E-state index contributed by atoms with van der Waals surface area (Å²) in [5, 5.41) is 0. The van der Waals surface area contributed by atoms with Gasteiger partial charge in [0.15, 0.2) is 9.04 Å². The molecule has 1 rings (SSSR count). The van der Waals surface area contributed by atoms with Crippen LogP contribution in [0.3, 0.4) is 0 Å². The summed E-state index contributed by atoms with van der Waals surface area (Å²) in [5.74, 6) is 0. The zero-order valence-electron chi connectivity index (χ0n) is 8.08. The number of benzene rings is 1. The first-order chi connectivity index (χ1) is 5.29. The van der Waals surface area contributed by atoms with Crippen molar-refractivity contribution in [3.05, 3.63) is 35.9 Å². The molecule has 0 aliphatic carbocycles. The molecule has 60 valence electrons. The Balaban J connectivity index is 0.00000121. The van der Waals surface area contributed by atoms with Crippen LogP contribution in [0, 0.1) is 0 Å². The fourth-order valence-corrected chi connectivity index (χ4v) is 1.36. The van der Waals surface area contributed by atoms with Gasteiger partial charge in [0, 0.05) is 0 Å². The maximum Gasteiger partial charge on any atom is 1.00 e. The molecular formula is C9H15OSi+. The maximum absolute atomic E-state index is 5.57. The summed E-state index contributed by atoms with van der Waals surface area (Å²) in [6, 6.07) is 10.3. The molecule has 0 spiro atoms. The Morgan fingerprint density at radius 3 is 2.45 bits per heavy atom. The van der Waals surface area contributed by atoms with Gasteiger partial charge < -0.3 is 4.43 Å². The summed E-state index contributed by atoms with van der Waals surface area (Å²) in [5.41, 5.74) is 1.27. The van der Waals surface area contributed by atoms with E-state index in [2.05, 4.69) is 25.2 Å². The second-order valence-corrected chi connectivity index (χ2v) is 5.28. The Morgan fingerprint density at radius 1 is 1.27 bits per heavy atom. The second-order valence-electron chi connectivity index (χ2n) is 2.85. The molecule has 0 aliphatic rings. The molecule has 0 unspecified atom stereocenters. The molecule has 1 aromatic rings. The number of rotatable bonds is 3. The molecule has 0 bridgehead atoms. The van der Waals surface area contributed by atoms with Gasteiger partial charge in [-0.15, -0.1) is 0 Å². The highest BCUT2D eigenvalue weighted by Crippen LogP contribution is 2.01. The molecule has 0 radical (unpaired) electrons. The van der Waals surface area contributed by atoms with Gasteiger partial charge in [0.1, 0.15) is 0 Å². The van der Waals surface area contributed by atoms with Crippen molar-refractivity contribution in [1.82, 2.24) is 0 Å². The predicted molar refractivity (Wildman–Crippen MR) is 51.2 cm³/mol. The van der Waals surface area contributed by atoms with Crippen LogP contribution < -0.4 is 0 Å². The van der Waals surface area contributed by atoms with Crippen LogP contribution in [0.25, 0.3) is 0 Å². The first kappa shape index (κ1) is 8.49. The molecule has 0 atom stereocenters. The van der Waals surface area contributed by atoms with Crippen molar-refractivity contribution in [1.29, 1.82) is 0 Å². The smallest absolute Gasteiger partial charge is 0.416 e. The van der Waals surface area contributed by atoms with E-state index in [1.807, 2.05) is 18.2 Å². The molecule has 0 saturated heterocycles. The van der Waals surface area contributed by atoms with Crippen molar-refractivity contribution >= 4 is 9.04 Å². The molecule has 0 aliphatic heterocycles. The van der Waals surface area contributed by atoms with Crippen molar-refractivity contribution in [3.8, 4) is 0 Å². The molecule has 0 amide bonds. The minimum absolute atomic E-state index is 0.